The third-order valence-electron chi connectivity index (χ3n) is 7.83. The molecule has 4 aromatic rings. The monoisotopic (exact) mass is 551 g/mol. The van der Waals surface area contributed by atoms with Crippen molar-refractivity contribution in [2.75, 3.05) is 12.0 Å². The van der Waals surface area contributed by atoms with Crippen LogP contribution in [-0.2, 0) is 9.84 Å². The summed E-state index contributed by atoms with van der Waals surface area (Å²) in [5.41, 5.74) is 9.21. The molecule has 3 unspecified atom stereocenters. The topological polar surface area (TPSA) is 185 Å². The minimum Gasteiger partial charge on any atom is -0.387 e. The van der Waals surface area contributed by atoms with Crippen molar-refractivity contribution in [3.05, 3.63) is 48.1 Å². The van der Waals surface area contributed by atoms with Gasteiger partial charge in [-0.3, -0.25) is 14.9 Å². The number of aliphatic hydroxyl groups excluding tert-OH is 1. The summed E-state index contributed by atoms with van der Waals surface area (Å²) in [7, 11) is -3.75. The molecule has 204 valence electrons. The Morgan fingerprint density at radius 1 is 1.21 bits per heavy atom. The lowest BCUT2D eigenvalue weighted by molar-refractivity contribution is 0.0556. The molecule has 6 rings (SSSR count). The van der Waals surface area contributed by atoms with Crippen LogP contribution in [0.25, 0.3) is 16.8 Å². The summed E-state index contributed by atoms with van der Waals surface area (Å²) < 4.78 is 27.3. The van der Waals surface area contributed by atoms with Crippen LogP contribution in [0.5, 0.6) is 0 Å². The van der Waals surface area contributed by atoms with Gasteiger partial charge in [0.2, 0.25) is 5.82 Å². The molecule has 0 aromatic carbocycles. The fourth-order valence-electron chi connectivity index (χ4n) is 6.01. The molecule has 2 saturated heterocycles. The number of sulfone groups is 1. The Kier molecular flexibility index (Phi) is 6.10. The smallest absolute Gasteiger partial charge is 0.291 e. The van der Waals surface area contributed by atoms with Crippen LogP contribution < -0.4 is 5.73 Å². The van der Waals surface area contributed by atoms with Gasteiger partial charge in [0, 0.05) is 41.6 Å². The molecule has 0 aliphatic carbocycles. The molecular weight excluding hydrogens is 522 g/mol. The van der Waals surface area contributed by atoms with E-state index in [0.29, 0.717) is 41.9 Å². The van der Waals surface area contributed by atoms with E-state index in [1.165, 1.54) is 10.8 Å². The van der Waals surface area contributed by atoms with E-state index in [9.17, 15) is 18.3 Å². The van der Waals surface area contributed by atoms with Crippen molar-refractivity contribution in [3.8, 4) is 11.1 Å². The zero-order valence-electron chi connectivity index (χ0n) is 21.5. The van der Waals surface area contributed by atoms with E-state index in [2.05, 4.69) is 25.3 Å². The van der Waals surface area contributed by atoms with Crippen LogP contribution in [0.4, 0.5) is 5.82 Å². The Morgan fingerprint density at radius 3 is 2.54 bits per heavy atom. The van der Waals surface area contributed by atoms with Crippen molar-refractivity contribution < 1.29 is 18.3 Å². The van der Waals surface area contributed by atoms with Gasteiger partial charge >= 0.3 is 0 Å². The van der Waals surface area contributed by atoms with E-state index in [-0.39, 0.29) is 40.4 Å². The van der Waals surface area contributed by atoms with Crippen molar-refractivity contribution in [1.29, 1.82) is 0 Å². The summed E-state index contributed by atoms with van der Waals surface area (Å²) in [6.07, 6.45) is 8.27. The molecule has 6 heterocycles. The maximum atomic E-state index is 13.1. The summed E-state index contributed by atoms with van der Waals surface area (Å²) in [6, 6.07) is 3.42. The normalized spacial score (nSPS) is 21.9. The highest BCUT2D eigenvalue weighted by Gasteiger charge is 2.46. The number of hydrogen-bond acceptors (Lipinski definition) is 10. The molecule has 39 heavy (non-hydrogen) atoms. The molecule has 2 fully saturated rings. The van der Waals surface area contributed by atoms with E-state index in [0.717, 1.165) is 24.7 Å². The number of nitrogen functional groups attached to an aromatic ring is 1. The SMILES string of the molecule is CCC(O)c1ccc(-c2cnn3c(N)c(S(C)(=O)=O)c(C4CC5CCC(C4)N5C(=O)c4ncn[nH]4)nc23)cn1. The fourth-order valence-corrected chi connectivity index (χ4v) is 7.07. The lowest BCUT2D eigenvalue weighted by Crippen LogP contribution is -2.46. The largest absolute Gasteiger partial charge is 0.387 e. The summed E-state index contributed by atoms with van der Waals surface area (Å²) in [5, 5.41) is 20.9. The molecular formula is C25H29N9O4S. The number of H-pyrrole nitrogens is 1. The lowest BCUT2D eigenvalue weighted by Gasteiger charge is -2.38. The van der Waals surface area contributed by atoms with E-state index in [1.807, 2.05) is 17.9 Å². The second-order valence-electron chi connectivity index (χ2n) is 10.3. The predicted molar refractivity (Wildman–Crippen MR) is 140 cm³/mol. The highest BCUT2D eigenvalue weighted by Crippen LogP contribution is 2.45. The van der Waals surface area contributed by atoms with Gasteiger partial charge in [-0.25, -0.2) is 18.4 Å². The Bertz CT molecular complexity index is 1640. The number of anilines is 1. The van der Waals surface area contributed by atoms with Gasteiger partial charge in [0.05, 0.1) is 23.7 Å². The maximum Gasteiger partial charge on any atom is 0.291 e. The van der Waals surface area contributed by atoms with Crippen LogP contribution in [0.1, 0.15) is 73.1 Å². The molecule has 4 N–H and O–H groups in total. The zero-order valence-corrected chi connectivity index (χ0v) is 22.3. The molecule has 4 aromatic heterocycles. The first kappa shape index (κ1) is 25.4. The standard InChI is InChI=1S/C25H29N9O4S/c1-3-19(35)18-7-4-13(10-27-18)17-11-30-34-22(26)21(39(2,37)38)20(31-24(17)34)14-8-15-5-6-16(9-14)33(15)25(36)23-28-12-29-32-23/h4,7,10-12,14-16,19,35H,3,5-6,8-9,26H2,1-2H3,(H,28,29,32). The molecule has 3 atom stereocenters. The number of nitrogens with two attached hydrogens (primary N) is 1. The van der Waals surface area contributed by atoms with Crippen molar-refractivity contribution in [1.82, 2.24) is 39.7 Å². The molecule has 0 saturated carbocycles. The van der Waals surface area contributed by atoms with E-state index < -0.39 is 15.9 Å². The third-order valence-corrected chi connectivity index (χ3v) is 8.99. The minimum atomic E-state index is -3.75. The summed E-state index contributed by atoms with van der Waals surface area (Å²) in [6.45, 7) is 1.87. The summed E-state index contributed by atoms with van der Waals surface area (Å²) >= 11 is 0. The van der Waals surface area contributed by atoms with Crippen LogP contribution >= 0.6 is 0 Å². The van der Waals surface area contributed by atoms with E-state index >= 15 is 0 Å². The quantitative estimate of drug-likeness (QED) is 0.319. The van der Waals surface area contributed by atoms with Gasteiger partial charge in [0.1, 0.15) is 17.0 Å². The zero-order chi connectivity index (χ0) is 27.5. The van der Waals surface area contributed by atoms with Gasteiger partial charge in [-0.1, -0.05) is 13.0 Å². The summed E-state index contributed by atoms with van der Waals surface area (Å²) in [5.74, 6) is -0.226. The Hall–Kier alpha value is -3.91. The second kappa shape index (κ2) is 9.38. The number of nitrogens with zero attached hydrogens (tertiary/aromatic N) is 7. The van der Waals surface area contributed by atoms with E-state index in [4.69, 9.17) is 10.7 Å². The first-order valence-electron chi connectivity index (χ1n) is 12.9. The van der Waals surface area contributed by atoms with Crippen LogP contribution in [0.15, 0.2) is 35.7 Å². The first-order chi connectivity index (χ1) is 18.7. The highest BCUT2D eigenvalue weighted by atomic mass is 32.2. The number of aromatic nitrogens is 7. The average Bonchev–Trinajstić information content (AvgIpc) is 3.65. The summed E-state index contributed by atoms with van der Waals surface area (Å²) in [4.78, 5) is 28.2. The molecule has 2 bridgehead atoms. The number of piperidine rings is 1. The van der Waals surface area contributed by atoms with Crippen LogP contribution in [-0.4, -0.2) is 77.4 Å². The predicted octanol–water partition coefficient (Wildman–Crippen LogP) is 1.89. The number of nitrogens with one attached hydrogen (secondary N) is 1. The maximum absolute atomic E-state index is 13.1. The Balaban J connectivity index is 1.41. The molecule has 2 aliphatic rings. The number of hydrogen-bond donors (Lipinski definition) is 3. The molecule has 2 aliphatic heterocycles. The minimum absolute atomic E-state index is 0.00208. The number of carbonyl (C=O) groups is 1. The second-order valence-corrected chi connectivity index (χ2v) is 12.2. The molecule has 13 nitrogen and oxygen atoms in total. The third kappa shape index (κ3) is 4.23. The molecule has 0 radical (unpaired) electrons. The van der Waals surface area contributed by atoms with Crippen molar-refractivity contribution >= 4 is 27.2 Å². The van der Waals surface area contributed by atoms with Crippen LogP contribution in [0.3, 0.4) is 0 Å². The van der Waals surface area contributed by atoms with Gasteiger partial charge in [-0.2, -0.15) is 14.7 Å². The Labute approximate surface area is 224 Å². The van der Waals surface area contributed by atoms with Crippen LogP contribution in [0, 0.1) is 0 Å². The van der Waals surface area contributed by atoms with Gasteiger partial charge in [-0.05, 0) is 38.2 Å². The number of carbonyl (C=O) groups excluding carboxylic acids is 1. The highest BCUT2D eigenvalue weighted by molar-refractivity contribution is 7.91. The number of aromatic amines is 1. The molecule has 0 spiro atoms. The molecule has 14 heteroatoms. The lowest BCUT2D eigenvalue weighted by atomic mass is 9.87. The van der Waals surface area contributed by atoms with Crippen molar-refractivity contribution in [2.24, 2.45) is 0 Å². The molecule has 1 amide bonds. The van der Waals surface area contributed by atoms with Gasteiger partial charge in [0.25, 0.3) is 5.91 Å². The number of aliphatic hydroxyl groups is 1. The van der Waals surface area contributed by atoms with Gasteiger partial charge in [-0.15, -0.1) is 0 Å². The number of pyridine rings is 1. The number of rotatable bonds is 6. The van der Waals surface area contributed by atoms with Crippen molar-refractivity contribution in [2.45, 2.75) is 68.0 Å². The average molecular weight is 552 g/mol. The fraction of sp³-hybridized carbons (Fsp3) is 0.440. The van der Waals surface area contributed by atoms with E-state index in [1.54, 1.807) is 18.5 Å². The Morgan fingerprint density at radius 2 is 1.95 bits per heavy atom. The van der Waals surface area contributed by atoms with Crippen molar-refractivity contribution in [3.63, 3.8) is 0 Å². The van der Waals surface area contributed by atoms with Crippen LogP contribution in [0.2, 0.25) is 0 Å². The number of amides is 1. The van der Waals surface area contributed by atoms with Gasteiger partial charge < -0.3 is 15.7 Å². The first-order valence-corrected chi connectivity index (χ1v) is 14.8. The van der Waals surface area contributed by atoms with Gasteiger partial charge in [0.15, 0.2) is 15.5 Å². The number of fused-ring (bicyclic) bond motifs is 3.